The lowest BCUT2D eigenvalue weighted by Gasteiger charge is -2.03. The molecule has 0 spiro atoms. The zero-order valence-electron chi connectivity index (χ0n) is 20.1. The number of allylic oxidation sites excluding steroid dienone is 2. The van der Waals surface area contributed by atoms with Crippen molar-refractivity contribution in [1.29, 1.82) is 0 Å². The highest BCUT2D eigenvalue weighted by Gasteiger charge is 2.06. The summed E-state index contributed by atoms with van der Waals surface area (Å²) in [7, 11) is 2.87. The molecule has 192 valence electrons. The molecule has 4 N–H and O–H groups in total. The Bertz CT molecular complexity index is 1230. The summed E-state index contributed by atoms with van der Waals surface area (Å²) in [5.74, 6) is -0.302. The fraction of sp³-hybridized carbons (Fsp3) is 0.107. The van der Waals surface area contributed by atoms with Crippen molar-refractivity contribution in [3.8, 4) is 34.5 Å². The standard InChI is InChI=1S/C21H20O6.C7H6O3/c1-26-20-11-14(5-9-18(20)24)3-7-16(22)13-17(23)8-4-15-6-10-19(25)21(12-15)27-2;8-4-5-1-6(9)3-7(10)2-5/h3-12,24-25H,13H2,1-2H3;1-4,9-10H/b7-3+,8-4+;. The third-order valence-electron chi connectivity index (χ3n) is 4.74. The highest BCUT2D eigenvalue weighted by molar-refractivity contribution is 6.10. The summed E-state index contributed by atoms with van der Waals surface area (Å²) < 4.78 is 10.00. The molecule has 0 aliphatic rings. The van der Waals surface area contributed by atoms with E-state index in [4.69, 9.17) is 19.7 Å². The molecule has 0 atom stereocenters. The summed E-state index contributed by atoms with van der Waals surface area (Å²) in [6.45, 7) is 0. The second-order valence-corrected chi connectivity index (χ2v) is 7.54. The van der Waals surface area contributed by atoms with Gasteiger partial charge in [0.2, 0.25) is 0 Å². The van der Waals surface area contributed by atoms with E-state index in [2.05, 4.69) is 0 Å². The Labute approximate surface area is 213 Å². The number of phenolic OH excluding ortho intramolecular Hbond substituents is 4. The molecule has 0 unspecified atom stereocenters. The molecule has 0 saturated carbocycles. The Morgan fingerprint density at radius 1 is 0.676 bits per heavy atom. The maximum Gasteiger partial charge on any atom is 0.163 e. The second kappa shape index (κ2) is 13.7. The van der Waals surface area contributed by atoms with Gasteiger partial charge in [-0.1, -0.05) is 24.3 Å². The number of hydrogen-bond acceptors (Lipinski definition) is 9. The Morgan fingerprint density at radius 3 is 1.49 bits per heavy atom. The number of ether oxygens (including phenoxy) is 2. The van der Waals surface area contributed by atoms with Crippen LogP contribution in [0.25, 0.3) is 12.2 Å². The lowest BCUT2D eigenvalue weighted by molar-refractivity contribution is -0.121. The third-order valence-corrected chi connectivity index (χ3v) is 4.74. The van der Waals surface area contributed by atoms with Gasteiger partial charge in [0.1, 0.15) is 17.8 Å². The van der Waals surface area contributed by atoms with E-state index in [-0.39, 0.29) is 46.5 Å². The molecule has 0 heterocycles. The Morgan fingerprint density at radius 2 is 1.11 bits per heavy atom. The number of phenols is 4. The Kier molecular flexibility index (Phi) is 10.5. The number of carbonyl (C=O) groups is 3. The van der Waals surface area contributed by atoms with Crippen molar-refractivity contribution in [3.05, 3.63) is 83.4 Å². The summed E-state index contributed by atoms with van der Waals surface area (Å²) in [6, 6.07) is 13.0. The number of hydrogen-bond donors (Lipinski definition) is 4. The molecule has 0 fully saturated rings. The van der Waals surface area contributed by atoms with Crippen molar-refractivity contribution in [3.63, 3.8) is 0 Å². The predicted octanol–water partition coefficient (Wildman–Crippen LogP) is 4.28. The predicted molar refractivity (Wildman–Crippen MR) is 137 cm³/mol. The van der Waals surface area contributed by atoms with E-state index >= 15 is 0 Å². The molecule has 0 radical (unpaired) electrons. The summed E-state index contributed by atoms with van der Waals surface area (Å²) in [5.41, 5.74) is 1.59. The average molecular weight is 507 g/mol. The maximum absolute atomic E-state index is 11.9. The molecule has 9 heteroatoms. The SMILES string of the molecule is COc1cc(/C=C/C(=O)CC(=O)/C=C/c2ccc(O)c(OC)c2)ccc1O.O=Cc1cc(O)cc(O)c1. The minimum absolute atomic E-state index is 0.00662. The smallest absolute Gasteiger partial charge is 0.163 e. The van der Waals surface area contributed by atoms with E-state index in [1.807, 2.05) is 0 Å². The minimum atomic E-state index is -0.347. The topological polar surface area (TPSA) is 151 Å². The monoisotopic (exact) mass is 506 g/mol. The largest absolute Gasteiger partial charge is 0.508 e. The summed E-state index contributed by atoms with van der Waals surface area (Å²) in [5, 5.41) is 36.7. The van der Waals surface area contributed by atoms with Crippen LogP contribution in [0.1, 0.15) is 27.9 Å². The van der Waals surface area contributed by atoms with Crippen LogP contribution in [0.3, 0.4) is 0 Å². The molecule has 3 rings (SSSR count). The molecule has 0 bridgehead atoms. The van der Waals surface area contributed by atoms with Gasteiger partial charge in [-0.25, -0.2) is 0 Å². The van der Waals surface area contributed by atoms with Gasteiger partial charge >= 0.3 is 0 Å². The van der Waals surface area contributed by atoms with Gasteiger partial charge in [0.15, 0.2) is 34.6 Å². The first-order chi connectivity index (χ1) is 17.6. The molecule has 3 aromatic rings. The van der Waals surface area contributed by atoms with Gasteiger partial charge in [0, 0.05) is 11.6 Å². The van der Waals surface area contributed by atoms with Crippen LogP contribution >= 0.6 is 0 Å². The maximum atomic E-state index is 11.9. The Hall–Kier alpha value is -5.05. The summed E-state index contributed by atoms with van der Waals surface area (Å²) in [6.07, 6.45) is 6.00. The van der Waals surface area contributed by atoms with Gasteiger partial charge in [-0.15, -0.1) is 0 Å². The summed E-state index contributed by atoms with van der Waals surface area (Å²) in [4.78, 5) is 33.9. The number of benzene rings is 3. The van der Waals surface area contributed by atoms with Gasteiger partial charge in [-0.05, 0) is 59.7 Å². The Balaban J connectivity index is 0.000000402. The van der Waals surface area contributed by atoms with Gasteiger partial charge in [0.25, 0.3) is 0 Å². The van der Waals surface area contributed by atoms with Crippen molar-refractivity contribution in [1.82, 2.24) is 0 Å². The van der Waals surface area contributed by atoms with Gasteiger partial charge < -0.3 is 29.9 Å². The van der Waals surface area contributed by atoms with Crippen molar-refractivity contribution < 1.29 is 44.3 Å². The van der Waals surface area contributed by atoms with Gasteiger partial charge in [-0.2, -0.15) is 0 Å². The van der Waals surface area contributed by atoms with Crippen molar-refractivity contribution in [2.24, 2.45) is 0 Å². The highest BCUT2D eigenvalue weighted by atomic mass is 16.5. The molecule has 37 heavy (non-hydrogen) atoms. The number of methoxy groups -OCH3 is 2. The van der Waals surface area contributed by atoms with Crippen LogP contribution in [0.15, 0.2) is 66.7 Å². The fourth-order valence-electron chi connectivity index (χ4n) is 2.95. The van der Waals surface area contributed by atoms with Crippen molar-refractivity contribution in [2.45, 2.75) is 6.42 Å². The van der Waals surface area contributed by atoms with Crippen LogP contribution in [0, 0.1) is 0 Å². The highest BCUT2D eigenvalue weighted by Crippen LogP contribution is 2.27. The zero-order valence-corrected chi connectivity index (χ0v) is 20.1. The van der Waals surface area contributed by atoms with Crippen molar-refractivity contribution >= 4 is 30.0 Å². The first kappa shape index (κ1) is 28.2. The third kappa shape index (κ3) is 9.25. The van der Waals surface area contributed by atoms with Crippen LogP contribution in [0.2, 0.25) is 0 Å². The number of aromatic hydroxyl groups is 4. The van der Waals surface area contributed by atoms with Crippen molar-refractivity contribution in [2.75, 3.05) is 14.2 Å². The lowest BCUT2D eigenvalue weighted by Crippen LogP contribution is -2.01. The van der Waals surface area contributed by atoms with Crippen LogP contribution in [-0.4, -0.2) is 52.5 Å². The fourth-order valence-corrected chi connectivity index (χ4v) is 2.95. The van der Waals surface area contributed by atoms with E-state index in [1.165, 1.54) is 50.6 Å². The molecule has 3 aromatic carbocycles. The number of aldehydes is 1. The van der Waals surface area contributed by atoms with E-state index in [1.54, 1.807) is 36.4 Å². The summed E-state index contributed by atoms with van der Waals surface area (Å²) >= 11 is 0. The lowest BCUT2D eigenvalue weighted by atomic mass is 10.1. The molecule has 0 aromatic heterocycles. The molecule has 0 aliphatic carbocycles. The first-order valence-electron chi connectivity index (χ1n) is 10.8. The van der Waals surface area contributed by atoms with E-state index in [0.717, 1.165) is 6.07 Å². The quantitative estimate of drug-likeness (QED) is 0.189. The molecule has 0 aliphatic heterocycles. The molecule has 0 saturated heterocycles. The number of rotatable bonds is 9. The number of ketones is 2. The second-order valence-electron chi connectivity index (χ2n) is 7.54. The zero-order chi connectivity index (χ0) is 27.4. The van der Waals surface area contributed by atoms with Gasteiger partial charge in [0.05, 0.1) is 20.6 Å². The van der Waals surface area contributed by atoms with Crippen LogP contribution in [0.5, 0.6) is 34.5 Å². The normalized spacial score (nSPS) is 10.5. The van der Waals surface area contributed by atoms with Crippen LogP contribution in [0.4, 0.5) is 0 Å². The van der Waals surface area contributed by atoms with E-state index < -0.39 is 0 Å². The first-order valence-corrected chi connectivity index (χ1v) is 10.8. The van der Waals surface area contributed by atoms with E-state index in [0.29, 0.717) is 28.9 Å². The van der Waals surface area contributed by atoms with Crippen LogP contribution < -0.4 is 9.47 Å². The molecular weight excluding hydrogens is 480 g/mol. The molecule has 0 amide bonds. The molecule has 9 nitrogen and oxygen atoms in total. The minimum Gasteiger partial charge on any atom is -0.508 e. The van der Waals surface area contributed by atoms with Gasteiger partial charge in [-0.3, -0.25) is 14.4 Å². The average Bonchev–Trinajstić information content (AvgIpc) is 2.87. The van der Waals surface area contributed by atoms with Crippen LogP contribution in [-0.2, 0) is 9.59 Å². The molecular formula is C28H26O9. The van der Waals surface area contributed by atoms with E-state index in [9.17, 15) is 24.6 Å². The number of carbonyl (C=O) groups excluding carboxylic acids is 3.